The van der Waals surface area contributed by atoms with Crippen LogP contribution >= 0.6 is 11.6 Å². The Bertz CT molecular complexity index is 502. The summed E-state index contributed by atoms with van der Waals surface area (Å²) < 4.78 is 2.06. The fourth-order valence-corrected chi connectivity index (χ4v) is 2.03. The largest absolute Gasteiger partial charge is 0.350 e. The minimum atomic E-state index is 0.561. The number of carbonyl (C=O) groups is 1. The molecule has 0 unspecified atom stereocenters. The number of carbonyl (C=O) groups excluding carboxylic acids is 1. The van der Waals surface area contributed by atoms with Crippen LogP contribution in [0.5, 0.6) is 0 Å². The van der Waals surface area contributed by atoms with Crippen LogP contribution < -0.4 is 0 Å². The Morgan fingerprint density at radius 1 is 1.47 bits per heavy atom. The van der Waals surface area contributed by atoms with Crippen molar-refractivity contribution >= 4 is 28.8 Å². The summed E-state index contributed by atoms with van der Waals surface area (Å²) in [5.41, 5.74) is 2.34. The first kappa shape index (κ1) is 10.2. The summed E-state index contributed by atoms with van der Waals surface area (Å²) in [6, 6.07) is 5.84. The third kappa shape index (κ3) is 1.90. The van der Waals surface area contributed by atoms with Crippen LogP contribution in [0.15, 0.2) is 24.4 Å². The second-order valence-electron chi connectivity index (χ2n) is 3.63. The Kier molecular flexibility index (Phi) is 2.78. The lowest BCUT2D eigenvalue weighted by molar-refractivity contribution is -0.107. The molecule has 0 bridgehead atoms. The van der Waals surface area contributed by atoms with Crippen LogP contribution in [0.1, 0.15) is 12.0 Å². The van der Waals surface area contributed by atoms with Crippen LogP contribution in [0.2, 0.25) is 5.02 Å². The SMILES string of the molecule is Cn1cc(CCC=O)c2cc(Cl)ccc21. The van der Waals surface area contributed by atoms with Crippen molar-refractivity contribution in [3.8, 4) is 0 Å². The predicted octanol–water partition coefficient (Wildman–Crippen LogP) is 2.96. The van der Waals surface area contributed by atoms with Crippen molar-refractivity contribution in [2.24, 2.45) is 7.05 Å². The Morgan fingerprint density at radius 3 is 3.00 bits per heavy atom. The Morgan fingerprint density at radius 2 is 2.27 bits per heavy atom. The molecular formula is C12H12ClNO. The van der Waals surface area contributed by atoms with Crippen molar-refractivity contribution in [1.29, 1.82) is 0 Å². The lowest BCUT2D eigenvalue weighted by Crippen LogP contribution is -1.84. The number of rotatable bonds is 3. The van der Waals surface area contributed by atoms with E-state index in [0.717, 1.165) is 28.6 Å². The highest BCUT2D eigenvalue weighted by atomic mass is 35.5. The molecule has 1 heterocycles. The molecule has 1 aromatic carbocycles. The van der Waals surface area contributed by atoms with Gasteiger partial charge in [-0.15, -0.1) is 0 Å². The summed E-state index contributed by atoms with van der Waals surface area (Å²) >= 11 is 5.96. The van der Waals surface area contributed by atoms with E-state index >= 15 is 0 Å². The quantitative estimate of drug-likeness (QED) is 0.731. The maximum absolute atomic E-state index is 10.4. The summed E-state index contributed by atoms with van der Waals surface area (Å²) in [7, 11) is 2.00. The molecule has 0 aliphatic heterocycles. The molecule has 2 rings (SSSR count). The van der Waals surface area contributed by atoms with Gasteiger partial charge in [0.25, 0.3) is 0 Å². The van der Waals surface area contributed by atoms with Gasteiger partial charge >= 0.3 is 0 Å². The van der Waals surface area contributed by atoms with E-state index in [1.165, 1.54) is 5.56 Å². The Hall–Kier alpha value is -1.28. The van der Waals surface area contributed by atoms with E-state index < -0.39 is 0 Å². The fraction of sp³-hybridized carbons (Fsp3) is 0.250. The highest BCUT2D eigenvalue weighted by Crippen LogP contribution is 2.24. The fourth-order valence-electron chi connectivity index (χ4n) is 1.86. The van der Waals surface area contributed by atoms with Crippen molar-refractivity contribution in [3.63, 3.8) is 0 Å². The molecule has 0 saturated carbocycles. The van der Waals surface area contributed by atoms with Crippen LogP contribution in [0, 0.1) is 0 Å². The Balaban J connectivity index is 2.54. The number of nitrogens with zero attached hydrogens (tertiary/aromatic N) is 1. The van der Waals surface area contributed by atoms with Gasteiger partial charge in [-0.3, -0.25) is 0 Å². The zero-order chi connectivity index (χ0) is 10.8. The van der Waals surface area contributed by atoms with E-state index in [1.54, 1.807) is 0 Å². The number of benzene rings is 1. The molecule has 2 nitrogen and oxygen atoms in total. The van der Waals surface area contributed by atoms with Gasteiger partial charge in [-0.05, 0) is 30.2 Å². The van der Waals surface area contributed by atoms with Gasteiger partial charge in [-0.1, -0.05) is 11.6 Å². The zero-order valence-corrected chi connectivity index (χ0v) is 9.29. The summed E-state index contributed by atoms with van der Waals surface area (Å²) in [4.78, 5) is 10.4. The lowest BCUT2D eigenvalue weighted by atomic mass is 10.1. The smallest absolute Gasteiger partial charge is 0.120 e. The highest BCUT2D eigenvalue weighted by Gasteiger charge is 2.06. The van der Waals surface area contributed by atoms with E-state index in [0.29, 0.717) is 6.42 Å². The molecule has 0 spiro atoms. The second kappa shape index (κ2) is 4.07. The topological polar surface area (TPSA) is 22.0 Å². The molecule has 0 aliphatic rings. The van der Waals surface area contributed by atoms with Crippen molar-refractivity contribution < 1.29 is 4.79 Å². The van der Waals surface area contributed by atoms with Crippen LogP contribution in [0.3, 0.4) is 0 Å². The molecule has 2 aromatic rings. The van der Waals surface area contributed by atoms with Gasteiger partial charge in [0.1, 0.15) is 6.29 Å². The standard InChI is InChI=1S/C12H12ClNO/c1-14-8-9(3-2-6-15)11-7-10(13)4-5-12(11)14/h4-8H,2-3H2,1H3. The van der Waals surface area contributed by atoms with E-state index in [1.807, 2.05) is 25.2 Å². The van der Waals surface area contributed by atoms with Gasteiger partial charge in [0.2, 0.25) is 0 Å². The first-order valence-electron chi connectivity index (χ1n) is 4.89. The summed E-state index contributed by atoms with van der Waals surface area (Å²) in [6.45, 7) is 0. The van der Waals surface area contributed by atoms with Gasteiger partial charge in [0.15, 0.2) is 0 Å². The van der Waals surface area contributed by atoms with Crippen molar-refractivity contribution in [3.05, 3.63) is 35.0 Å². The number of halogens is 1. The van der Waals surface area contributed by atoms with Crippen LogP contribution in [-0.2, 0) is 18.3 Å². The molecule has 15 heavy (non-hydrogen) atoms. The molecule has 0 atom stereocenters. The summed E-state index contributed by atoms with van der Waals surface area (Å²) in [5.74, 6) is 0. The van der Waals surface area contributed by atoms with Gasteiger partial charge in [0.05, 0.1) is 0 Å². The van der Waals surface area contributed by atoms with Gasteiger partial charge < -0.3 is 9.36 Å². The predicted molar refractivity (Wildman–Crippen MR) is 62.3 cm³/mol. The van der Waals surface area contributed by atoms with E-state index in [-0.39, 0.29) is 0 Å². The number of aryl methyl sites for hydroxylation is 2. The molecule has 0 fully saturated rings. The van der Waals surface area contributed by atoms with Crippen molar-refractivity contribution in [2.45, 2.75) is 12.8 Å². The summed E-state index contributed by atoms with van der Waals surface area (Å²) in [5, 5.41) is 1.88. The monoisotopic (exact) mass is 221 g/mol. The maximum atomic E-state index is 10.4. The average molecular weight is 222 g/mol. The molecule has 1 aromatic heterocycles. The molecule has 0 amide bonds. The van der Waals surface area contributed by atoms with E-state index in [2.05, 4.69) is 10.8 Å². The zero-order valence-electron chi connectivity index (χ0n) is 8.53. The lowest BCUT2D eigenvalue weighted by Gasteiger charge is -1.96. The maximum Gasteiger partial charge on any atom is 0.120 e. The van der Waals surface area contributed by atoms with Crippen molar-refractivity contribution in [1.82, 2.24) is 4.57 Å². The van der Waals surface area contributed by atoms with E-state index in [4.69, 9.17) is 11.6 Å². The molecule has 3 heteroatoms. The first-order valence-corrected chi connectivity index (χ1v) is 5.27. The minimum absolute atomic E-state index is 0.561. The number of aromatic nitrogens is 1. The van der Waals surface area contributed by atoms with Crippen LogP contribution in [0.4, 0.5) is 0 Å². The number of fused-ring (bicyclic) bond motifs is 1. The second-order valence-corrected chi connectivity index (χ2v) is 4.07. The molecule has 0 aliphatic carbocycles. The Labute approximate surface area is 93.5 Å². The molecule has 0 N–H and O–H groups in total. The molecule has 0 saturated heterocycles. The first-order chi connectivity index (χ1) is 7.22. The minimum Gasteiger partial charge on any atom is -0.350 e. The number of aldehydes is 1. The third-order valence-corrected chi connectivity index (χ3v) is 2.80. The van der Waals surface area contributed by atoms with Crippen molar-refractivity contribution in [2.75, 3.05) is 0 Å². The summed E-state index contributed by atoms with van der Waals surface area (Å²) in [6.07, 6.45) is 4.35. The number of hydrogen-bond donors (Lipinski definition) is 0. The van der Waals surface area contributed by atoms with E-state index in [9.17, 15) is 4.79 Å². The van der Waals surface area contributed by atoms with Gasteiger partial charge in [-0.25, -0.2) is 0 Å². The number of hydrogen-bond acceptors (Lipinski definition) is 1. The molecular weight excluding hydrogens is 210 g/mol. The highest BCUT2D eigenvalue weighted by molar-refractivity contribution is 6.31. The van der Waals surface area contributed by atoms with Gasteiger partial charge in [-0.2, -0.15) is 0 Å². The normalized spacial score (nSPS) is 10.8. The van der Waals surface area contributed by atoms with Crippen LogP contribution in [-0.4, -0.2) is 10.9 Å². The molecule has 78 valence electrons. The third-order valence-electron chi connectivity index (χ3n) is 2.57. The van der Waals surface area contributed by atoms with Crippen LogP contribution in [0.25, 0.3) is 10.9 Å². The molecule has 0 radical (unpaired) electrons. The van der Waals surface area contributed by atoms with Gasteiger partial charge in [0, 0.05) is 35.6 Å². The average Bonchev–Trinajstić information content (AvgIpc) is 2.52.